The third-order valence-electron chi connectivity index (χ3n) is 3.82. The van der Waals surface area contributed by atoms with Crippen molar-refractivity contribution in [2.45, 2.75) is 11.3 Å². The van der Waals surface area contributed by atoms with Crippen LogP contribution >= 0.6 is 0 Å². The molecule has 0 radical (unpaired) electrons. The molecule has 2 aliphatic heterocycles. The Morgan fingerprint density at radius 3 is 2.26 bits per heavy atom. The fourth-order valence-corrected chi connectivity index (χ4v) is 4.49. The highest BCUT2D eigenvalue weighted by Gasteiger charge is 2.37. The van der Waals surface area contributed by atoms with Crippen LogP contribution in [-0.4, -0.2) is 39.0 Å². The summed E-state index contributed by atoms with van der Waals surface area (Å²) in [6.45, 7) is 2.46. The molecule has 104 valence electrons. The monoisotopic (exact) mass is 282 g/mol. The van der Waals surface area contributed by atoms with E-state index in [9.17, 15) is 8.42 Å². The average molecular weight is 282 g/mol. The molecule has 2 N–H and O–H groups in total. The molecule has 2 bridgehead atoms. The van der Waals surface area contributed by atoms with Gasteiger partial charge in [-0.05, 0) is 42.5 Å². The molecule has 0 spiro atoms. The summed E-state index contributed by atoms with van der Waals surface area (Å²) >= 11 is 0. The quantitative estimate of drug-likeness (QED) is 0.819. The van der Waals surface area contributed by atoms with Crippen LogP contribution in [0.3, 0.4) is 0 Å². The van der Waals surface area contributed by atoms with E-state index in [4.69, 9.17) is 10.5 Å². The number of sulfonamides is 1. The number of benzene rings is 1. The number of anilines is 1. The standard InChI is InChI=1S/C13H18N2O3S/c14-12-1-3-13(4-2-12)19(16,17)15-6-10-5-11(7-15)9-18-8-10/h1-4,10-11H,5-9,14H2/t10-,11+. The molecule has 0 aromatic heterocycles. The summed E-state index contributed by atoms with van der Waals surface area (Å²) in [6.07, 6.45) is 1.08. The summed E-state index contributed by atoms with van der Waals surface area (Å²) in [6, 6.07) is 6.40. The van der Waals surface area contributed by atoms with Crippen LogP contribution in [0.25, 0.3) is 0 Å². The molecule has 0 unspecified atom stereocenters. The zero-order valence-corrected chi connectivity index (χ0v) is 11.5. The fourth-order valence-electron chi connectivity index (χ4n) is 2.90. The predicted octanol–water partition coefficient (Wildman–Crippen LogP) is 0.926. The average Bonchev–Trinajstić information content (AvgIpc) is 2.38. The zero-order chi connectivity index (χ0) is 13.5. The summed E-state index contributed by atoms with van der Waals surface area (Å²) in [5.74, 6) is 0.659. The summed E-state index contributed by atoms with van der Waals surface area (Å²) in [7, 11) is -3.40. The Labute approximate surface area is 113 Å². The number of fused-ring (bicyclic) bond motifs is 2. The molecule has 2 heterocycles. The lowest BCUT2D eigenvalue weighted by Crippen LogP contribution is -2.48. The number of rotatable bonds is 2. The van der Waals surface area contributed by atoms with E-state index in [-0.39, 0.29) is 0 Å². The van der Waals surface area contributed by atoms with E-state index in [1.54, 1.807) is 28.6 Å². The fraction of sp³-hybridized carbons (Fsp3) is 0.538. The summed E-state index contributed by atoms with van der Waals surface area (Å²) in [5.41, 5.74) is 6.17. The topological polar surface area (TPSA) is 72.6 Å². The van der Waals surface area contributed by atoms with Crippen molar-refractivity contribution in [1.82, 2.24) is 4.31 Å². The van der Waals surface area contributed by atoms with Crippen molar-refractivity contribution in [3.05, 3.63) is 24.3 Å². The zero-order valence-electron chi connectivity index (χ0n) is 10.7. The molecule has 0 saturated carbocycles. The first-order valence-corrected chi connectivity index (χ1v) is 7.93. The second-order valence-corrected chi connectivity index (χ2v) is 7.33. The van der Waals surface area contributed by atoms with Gasteiger partial charge >= 0.3 is 0 Å². The minimum Gasteiger partial charge on any atom is -0.399 e. The van der Waals surface area contributed by atoms with Gasteiger partial charge in [0.1, 0.15) is 0 Å². The van der Waals surface area contributed by atoms with E-state index in [0.29, 0.717) is 48.7 Å². The Kier molecular flexibility index (Phi) is 3.24. The Morgan fingerprint density at radius 1 is 1.11 bits per heavy atom. The number of hydrogen-bond acceptors (Lipinski definition) is 4. The molecule has 5 nitrogen and oxygen atoms in total. The van der Waals surface area contributed by atoms with Crippen molar-refractivity contribution < 1.29 is 13.2 Å². The van der Waals surface area contributed by atoms with Gasteiger partial charge in [-0.25, -0.2) is 8.42 Å². The highest BCUT2D eigenvalue weighted by molar-refractivity contribution is 7.89. The summed E-state index contributed by atoms with van der Waals surface area (Å²) in [4.78, 5) is 0.322. The van der Waals surface area contributed by atoms with E-state index in [1.165, 1.54) is 0 Å². The van der Waals surface area contributed by atoms with E-state index in [2.05, 4.69) is 0 Å². The Hall–Kier alpha value is -1.11. The molecule has 19 heavy (non-hydrogen) atoms. The Morgan fingerprint density at radius 2 is 1.68 bits per heavy atom. The largest absolute Gasteiger partial charge is 0.399 e. The van der Waals surface area contributed by atoms with Crippen molar-refractivity contribution >= 4 is 15.7 Å². The third-order valence-corrected chi connectivity index (χ3v) is 5.66. The number of hydrogen-bond donors (Lipinski definition) is 1. The molecular weight excluding hydrogens is 264 g/mol. The first-order chi connectivity index (χ1) is 9.05. The lowest BCUT2D eigenvalue weighted by atomic mass is 9.89. The lowest BCUT2D eigenvalue weighted by molar-refractivity contribution is -0.0208. The normalized spacial score (nSPS) is 28.2. The summed E-state index contributed by atoms with van der Waals surface area (Å²) in [5, 5.41) is 0. The molecule has 0 amide bonds. The van der Waals surface area contributed by atoms with Crippen LogP contribution in [0.4, 0.5) is 5.69 Å². The molecule has 0 aliphatic carbocycles. The van der Waals surface area contributed by atoms with Crippen molar-refractivity contribution in [1.29, 1.82) is 0 Å². The van der Waals surface area contributed by atoms with Crippen LogP contribution < -0.4 is 5.73 Å². The molecule has 1 aromatic rings. The molecule has 2 saturated heterocycles. The first kappa shape index (κ1) is 12.9. The summed E-state index contributed by atoms with van der Waals surface area (Å²) < 4.78 is 32.2. The van der Waals surface area contributed by atoms with Crippen molar-refractivity contribution in [3.8, 4) is 0 Å². The molecule has 6 heteroatoms. The highest BCUT2D eigenvalue weighted by atomic mass is 32.2. The second-order valence-electron chi connectivity index (χ2n) is 5.40. The van der Waals surface area contributed by atoms with Crippen molar-refractivity contribution in [3.63, 3.8) is 0 Å². The van der Waals surface area contributed by atoms with Gasteiger partial charge in [-0.2, -0.15) is 4.31 Å². The maximum Gasteiger partial charge on any atom is 0.243 e. The minimum atomic E-state index is -3.40. The Bertz CT molecular complexity index is 544. The van der Waals surface area contributed by atoms with E-state index in [0.717, 1.165) is 6.42 Å². The van der Waals surface area contributed by atoms with Crippen LogP contribution in [0.5, 0.6) is 0 Å². The van der Waals surface area contributed by atoms with E-state index >= 15 is 0 Å². The van der Waals surface area contributed by atoms with Crippen LogP contribution in [0, 0.1) is 11.8 Å². The van der Waals surface area contributed by atoms with Gasteiger partial charge in [0.15, 0.2) is 0 Å². The second kappa shape index (κ2) is 4.77. The smallest absolute Gasteiger partial charge is 0.243 e. The minimum absolute atomic E-state index is 0.322. The highest BCUT2D eigenvalue weighted by Crippen LogP contribution is 2.30. The van der Waals surface area contributed by atoms with Gasteiger partial charge in [-0.15, -0.1) is 0 Å². The molecule has 2 aliphatic rings. The van der Waals surface area contributed by atoms with Gasteiger partial charge in [0.05, 0.1) is 18.1 Å². The van der Waals surface area contributed by atoms with Crippen LogP contribution in [0.2, 0.25) is 0 Å². The number of piperidine rings is 1. The molecular formula is C13H18N2O3S. The molecule has 1 aromatic carbocycles. The SMILES string of the molecule is Nc1ccc(S(=O)(=O)N2C[C@@H]3COC[C@@H](C3)C2)cc1. The first-order valence-electron chi connectivity index (χ1n) is 6.49. The van der Waals surface area contributed by atoms with E-state index in [1.807, 2.05) is 0 Å². The van der Waals surface area contributed by atoms with Gasteiger partial charge in [0.2, 0.25) is 10.0 Å². The lowest BCUT2D eigenvalue weighted by Gasteiger charge is -2.40. The third kappa shape index (κ3) is 2.48. The number of ether oxygens (including phenoxy) is 1. The van der Waals surface area contributed by atoms with Crippen LogP contribution in [-0.2, 0) is 14.8 Å². The predicted molar refractivity (Wildman–Crippen MR) is 72.0 cm³/mol. The molecule has 2 atom stereocenters. The van der Waals surface area contributed by atoms with Gasteiger partial charge in [0, 0.05) is 18.8 Å². The van der Waals surface area contributed by atoms with Crippen LogP contribution in [0.15, 0.2) is 29.2 Å². The molecule has 3 rings (SSSR count). The number of nitrogens with zero attached hydrogens (tertiary/aromatic N) is 1. The van der Waals surface area contributed by atoms with Gasteiger partial charge in [-0.1, -0.05) is 0 Å². The Balaban J connectivity index is 1.86. The molecule has 2 fully saturated rings. The van der Waals surface area contributed by atoms with Crippen LogP contribution in [0.1, 0.15) is 6.42 Å². The van der Waals surface area contributed by atoms with E-state index < -0.39 is 10.0 Å². The van der Waals surface area contributed by atoms with Crippen molar-refractivity contribution in [2.75, 3.05) is 32.0 Å². The van der Waals surface area contributed by atoms with Gasteiger partial charge in [-0.3, -0.25) is 0 Å². The maximum absolute atomic E-state index is 12.6. The van der Waals surface area contributed by atoms with Crippen molar-refractivity contribution in [2.24, 2.45) is 11.8 Å². The number of nitrogens with two attached hydrogens (primary N) is 1. The van der Waals surface area contributed by atoms with Gasteiger partial charge < -0.3 is 10.5 Å². The van der Waals surface area contributed by atoms with Gasteiger partial charge in [0.25, 0.3) is 0 Å². The maximum atomic E-state index is 12.6. The number of nitrogen functional groups attached to an aromatic ring is 1.